The molecule has 1 amide bonds. The van der Waals surface area contributed by atoms with E-state index in [0.29, 0.717) is 11.5 Å². The molecule has 4 aromatic rings. The lowest BCUT2D eigenvalue weighted by atomic mass is 10.1. The number of benzene rings is 2. The van der Waals surface area contributed by atoms with Gasteiger partial charge in [0.15, 0.2) is 0 Å². The van der Waals surface area contributed by atoms with Crippen LogP contribution in [0.1, 0.15) is 10.4 Å². The second-order valence-electron chi connectivity index (χ2n) is 5.03. The van der Waals surface area contributed by atoms with Gasteiger partial charge >= 0.3 is 6.01 Å². The van der Waals surface area contributed by atoms with Crippen molar-refractivity contribution >= 4 is 50.0 Å². The van der Waals surface area contributed by atoms with E-state index in [9.17, 15) is 4.79 Å². The van der Waals surface area contributed by atoms with E-state index in [2.05, 4.69) is 31.4 Å². The third-order valence-electron chi connectivity index (χ3n) is 3.44. The third kappa shape index (κ3) is 2.95. The molecular weight excluding hydrogens is 390 g/mol. The Morgan fingerprint density at radius 2 is 1.88 bits per heavy atom. The molecular formula is C17H10BrN3O2S. The first kappa shape index (κ1) is 15.0. The van der Waals surface area contributed by atoms with Crippen molar-refractivity contribution in [1.29, 1.82) is 0 Å². The summed E-state index contributed by atoms with van der Waals surface area (Å²) in [5.41, 5.74) is 0.535. The van der Waals surface area contributed by atoms with Crippen LogP contribution < -0.4 is 5.32 Å². The number of hydrogen-bond acceptors (Lipinski definition) is 5. The number of aromatic nitrogens is 2. The maximum Gasteiger partial charge on any atom is 0.322 e. The van der Waals surface area contributed by atoms with Crippen LogP contribution in [0.5, 0.6) is 0 Å². The Morgan fingerprint density at radius 1 is 1.04 bits per heavy atom. The summed E-state index contributed by atoms with van der Waals surface area (Å²) in [6, 6.07) is 17.2. The van der Waals surface area contributed by atoms with Crippen molar-refractivity contribution in [2.75, 3.05) is 5.32 Å². The van der Waals surface area contributed by atoms with Gasteiger partial charge < -0.3 is 4.42 Å². The lowest BCUT2D eigenvalue weighted by Gasteiger charge is -2.02. The van der Waals surface area contributed by atoms with Gasteiger partial charge in [-0.2, -0.15) is 0 Å². The Labute approximate surface area is 149 Å². The summed E-state index contributed by atoms with van der Waals surface area (Å²) in [4.78, 5) is 13.2. The number of carbonyl (C=O) groups is 1. The maximum atomic E-state index is 12.4. The Balaban J connectivity index is 1.56. The molecule has 0 radical (unpaired) electrons. The minimum Gasteiger partial charge on any atom is -0.402 e. The van der Waals surface area contributed by atoms with Crippen LogP contribution in [0.4, 0.5) is 6.01 Å². The molecule has 0 aliphatic heterocycles. The average molecular weight is 400 g/mol. The van der Waals surface area contributed by atoms with Gasteiger partial charge in [-0.15, -0.1) is 16.4 Å². The molecule has 0 saturated heterocycles. The van der Waals surface area contributed by atoms with Crippen LogP contribution in [0.15, 0.2) is 62.8 Å². The van der Waals surface area contributed by atoms with Crippen LogP contribution in [-0.4, -0.2) is 16.1 Å². The highest BCUT2D eigenvalue weighted by molar-refractivity contribution is 9.11. The number of halogens is 1. The Morgan fingerprint density at radius 3 is 2.67 bits per heavy atom. The number of carbonyl (C=O) groups excluding carboxylic acids is 1. The fourth-order valence-electron chi connectivity index (χ4n) is 2.30. The molecule has 0 unspecified atom stereocenters. The van der Waals surface area contributed by atoms with Crippen molar-refractivity contribution in [2.24, 2.45) is 0 Å². The molecule has 0 spiro atoms. The van der Waals surface area contributed by atoms with Gasteiger partial charge in [-0.1, -0.05) is 35.4 Å². The summed E-state index contributed by atoms with van der Waals surface area (Å²) in [5, 5.41) is 12.5. The van der Waals surface area contributed by atoms with E-state index in [1.165, 1.54) is 11.3 Å². The molecule has 0 saturated carbocycles. The van der Waals surface area contributed by atoms with Gasteiger partial charge in [-0.05, 0) is 51.0 Å². The number of amides is 1. The SMILES string of the molecule is O=C(Nc1nnc(-c2ccc(Br)s2)o1)c1ccc2ccccc2c1. The van der Waals surface area contributed by atoms with Crippen LogP contribution in [0, 0.1) is 0 Å². The highest BCUT2D eigenvalue weighted by atomic mass is 79.9. The summed E-state index contributed by atoms with van der Waals surface area (Å²) in [5.74, 6) is 0.0859. The van der Waals surface area contributed by atoms with Crippen LogP contribution >= 0.6 is 27.3 Å². The number of hydrogen-bond donors (Lipinski definition) is 1. The molecule has 0 atom stereocenters. The van der Waals surface area contributed by atoms with Gasteiger partial charge in [0.25, 0.3) is 11.8 Å². The third-order valence-corrected chi connectivity index (χ3v) is 5.05. The lowest BCUT2D eigenvalue weighted by Crippen LogP contribution is -2.12. The molecule has 0 aliphatic carbocycles. The smallest absolute Gasteiger partial charge is 0.322 e. The molecule has 2 aromatic carbocycles. The monoisotopic (exact) mass is 399 g/mol. The zero-order chi connectivity index (χ0) is 16.5. The van der Waals surface area contributed by atoms with Crippen LogP contribution in [0.2, 0.25) is 0 Å². The molecule has 0 aliphatic rings. The van der Waals surface area contributed by atoms with E-state index in [1.807, 2.05) is 48.5 Å². The Kier molecular flexibility index (Phi) is 3.87. The molecule has 118 valence electrons. The van der Waals surface area contributed by atoms with Gasteiger partial charge in [-0.25, -0.2) is 0 Å². The molecule has 2 heterocycles. The quantitative estimate of drug-likeness (QED) is 0.528. The standard InChI is InChI=1S/C17H10BrN3O2S/c18-14-8-7-13(24-14)16-20-21-17(23-16)19-15(22)12-6-5-10-3-1-2-4-11(10)9-12/h1-9H,(H,19,21,22). The van der Waals surface area contributed by atoms with E-state index in [-0.39, 0.29) is 11.9 Å². The van der Waals surface area contributed by atoms with Crippen molar-refractivity contribution in [2.45, 2.75) is 0 Å². The summed E-state index contributed by atoms with van der Waals surface area (Å²) in [6.07, 6.45) is 0. The van der Waals surface area contributed by atoms with Gasteiger partial charge in [0, 0.05) is 5.56 Å². The normalized spacial score (nSPS) is 10.9. The van der Waals surface area contributed by atoms with Crippen LogP contribution in [0.25, 0.3) is 21.5 Å². The minimum absolute atomic E-state index is 0.0766. The van der Waals surface area contributed by atoms with Gasteiger partial charge in [0.05, 0.1) is 8.66 Å². The van der Waals surface area contributed by atoms with Gasteiger partial charge in [0.2, 0.25) is 0 Å². The summed E-state index contributed by atoms with van der Waals surface area (Å²) in [6.45, 7) is 0. The first-order valence-electron chi connectivity index (χ1n) is 7.08. The zero-order valence-electron chi connectivity index (χ0n) is 12.2. The second kappa shape index (κ2) is 6.18. The van der Waals surface area contributed by atoms with Gasteiger partial charge in [-0.3, -0.25) is 10.1 Å². The van der Waals surface area contributed by atoms with Gasteiger partial charge in [0.1, 0.15) is 0 Å². The highest BCUT2D eigenvalue weighted by Gasteiger charge is 2.14. The maximum absolute atomic E-state index is 12.4. The molecule has 1 N–H and O–H groups in total. The van der Waals surface area contributed by atoms with Crippen LogP contribution in [0.3, 0.4) is 0 Å². The van der Waals surface area contributed by atoms with E-state index in [0.717, 1.165) is 19.4 Å². The number of nitrogens with zero attached hydrogens (tertiary/aromatic N) is 2. The van der Waals surface area contributed by atoms with E-state index in [1.54, 1.807) is 6.07 Å². The van der Waals surface area contributed by atoms with Crippen molar-refractivity contribution in [3.63, 3.8) is 0 Å². The van der Waals surface area contributed by atoms with Crippen molar-refractivity contribution < 1.29 is 9.21 Å². The fourth-order valence-corrected chi connectivity index (χ4v) is 3.61. The fraction of sp³-hybridized carbons (Fsp3) is 0. The number of nitrogens with one attached hydrogen (secondary N) is 1. The molecule has 0 fully saturated rings. The van der Waals surface area contributed by atoms with Crippen LogP contribution in [-0.2, 0) is 0 Å². The first-order chi connectivity index (χ1) is 11.7. The summed E-state index contributed by atoms with van der Waals surface area (Å²) < 4.78 is 6.47. The van der Waals surface area contributed by atoms with Crippen molar-refractivity contribution in [1.82, 2.24) is 10.2 Å². The molecule has 0 bridgehead atoms. The highest BCUT2D eigenvalue weighted by Crippen LogP contribution is 2.31. The van der Waals surface area contributed by atoms with Crippen molar-refractivity contribution in [3.8, 4) is 10.8 Å². The predicted molar refractivity (Wildman–Crippen MR) is 97.2 cm³/mol. The van der Waals surface area contributed by atoms with E-state index in [4.69, 9.17) is 4.42 Å². The molecule has 5 nitrogen and oxygen atoms in total. The number of anilines is 1. The number of fused-ring (bicyclic) bond motifs is 1. The lowest BCUT2D eigenvalue weighted by molar-refractivity contribution is 0.102. The molecule has 24 heavy (non-hydrogen) atoms. The molecule has 4 rings (SSSR count). The second-order valence-corrected chi connectivity index (χ2v) is 7.50. The summed E-state index contributed by atoms with van der Waals surface area (Å²) >= 11 is 4.86. The number of rotatable bonds is 3. The minimum atomic E-state index is -0.289. The number of thiophene rings is 1. The average Bonchev–Trinajstić information content (AvgIpc) is 3.23. The van der Waals surface area contributed by atoms with E-state index >= 15 is 0 Å². The zero-order valence-corrected chi connectivity index (χ0v) is 14.6. The summed E-state index contributed by atoms with van der Waals surface area (Å²) in [7, 11) is 0. The van der Waals surface area contributed by atoms with E-state index < -0.39 is 0 Å². The molecule has 7 heteroatoms. The Hall–Kier alpha value is -2.51. The molecule has 2 aromatic heterocycles. The Bertz CT molecular complexity index is 1040. The largest absolute Gasteiger partial charge is 0.402 e. The first-order valence-corrected chi connectivity index (χ1v) is 8.69. The topological polar surface area (TPSA) is 68.0 Å². The predicted octanol–water partition coefficient (Wildman–Crippen LogP) is 4.97. The van der Waals surface area contributed by atoms with Crippen molar-refractivity contribution in [3.05, 3.63) is 63.9 Å².